The number of benzene rings is 3. The van der Waals surface area contributed by atoms with Crippen LogP contribution in [-0.2, 0) is 0 Å². The van der Waals surface area contributed by atoms with Gasteiger partial charge in [-0.2, -0.15) is 5.26 Å². The lowest BCUT2D eigenvalue weighted by Gasteiger charge is -2.16. The molecule has 0 aliphatic heterocycles. The van der Waals surface area contributed by atoms with Crippen molar-refractivity contribution in [2.24, 2.45) is 0 Å². The monoisotopic (exact) mass is 382 g/mol. The minimum Gasteiger partial charge on any atom is -0.405 e. The lowest BCUT2D eigenvalue weighted by molar-refractivity contribution is -0.274. The molecule has 140 valence electrons. The van der Waals surface area contributed by atoms with E-state index in [0.29, 0.717) is 5.56 Å². The normalized spacial score (nSPS) is 10.9. The summed E-state index contributed by atoms with van der Waals surface area (Å²) in [5, 5.41) is 9.00. The zero-order valence-corrected chi connectivity index (χ0v) is 14.3. The van der Waals surface area contributed by atoms with Crippen molar-refractivity contribution in [1.82, 2.24) is 0 Å². The van der Waals surface area contributed by atoms with Crippen LogP contribution in [0, 0.1) is 11.3 Å². The number of hydrogen-bond donors (Lipinski definition) is 1. The average Bonchev–Trinajstić information content (AvgIpc) is 2.67. The number of nitrogens with two attached hydrogens (primary N) is 1. The van der Waals surface area contributed by atoms with Crippen molar-refractivity contribution in [3.8, 4) is 22.9 Å². The molecule has 0 aromatic heterocycles. The minimum atomic E-state index is -4.91. The van der Waals surface area contributed by atoms with Gasteiger partial charge in [-0.15, -0.1) is 13.2 Å². The SMILES string of the molecule is N#Cc1cccc(C(=O)c2cc(-c3ccccc3)c(OC(F)(F)F)cc2N)c1. The molecule has 0 heterocycles. The molecule has 0 fully saturated rings. The van der Waals surface area contributed by atoms with Gasteiger partial charge in [0.15, 0.2) is 5.78 Å². The number of nitrogen functional groups attached to an aromatic ring is 1. The molecule has 0 saturated heterocycles. The molecular weight excluding hydrogens is 369 g/mol. The highest BCUT2D eigenvalue weighted by Crippen LogP contribution is 2.37. The van der Waals surface area contributed by atoms with E-state index in [-0.39, 0.29) is 27.9 Å². The standard InChI is InChI=1S/C21H13F3N2O2/c22-21(23,24)28-19-11-18(26)17(10-16(19)14-6-2-1-3-7-14)20(27)15-8-4-5-13(9-15)12-25/h1-11H,26H2. The summed E-state index contributed by atoms with van der Waals surface area (Å²) in [4.78, 5) is 12.9. The second kappa shape index (κ2) is 7.45. The van der Waals surface area contributed by atoms with E-state index in [1.54, 1.807) is 36.4 Å². The molecule has 0 bridgehead atoms. The van der Waals surface area contributed by atoms with Gasteiger partial charge >= 0.3 is 6.36 Å². The Morgan fingerprint density at radius 1 is 1.00 bits per heavy atom. The number of halogens is 3. The molecule has 0 unspecified atom stereocenters. The summed E-state index contributed by atoms with van der Waals surface area (Å²) in [5.74, 6) is -1.01. The van der Waals surface area contributed by atoms with E-state index >= 15 is 0 Å². The minimum absolute atomic E-state index is 0.0171. The average molecular weight is 382 g/mol. The fourth-order valence-corrected chi connectivity index (χ4v) is 2.73. The van der Waals surface area contributed by atoms with Crippen molar-refractivity contribution in [1.29, 1.82) is 5.26 Å². The summed E-state index contributed by atoms with van der Waals surface area (Å²) < 4.78 is 42.6. The third-order valence-electron chi connectivity index (χ3n) is 3.96. The lowest BCUT2D eigenvalue weighted by Crippen LogP contribution is -2.18. The third kappa shape index (κ3) is 4.13. The van der Waals surface area contributed by atoms with Gasteiger partial charge in [0.05, 0.1) is 11.6 Å². The Morgan fingerprint density at radius 2 is 1.71 bits per heavy atom. The molecule has 3 rings (SSSR count). The number of ketones is 1. The number of nitrogens with zero attached hydrogens (tertiary/aromatic N) is 1. The first-order valence-corrected chi connectivity index (χ1v) is 8.08. The molecule has 0 spiro atoms. The molecule has 4 nitrogen and oxygen atoms in total. The molecule has 0 aliphatic rings. The van der Waals surface area contributed by atoms with Gasteiger partial charge in [-0.3, -0.25) is 4.79 Å². The summed E-state index contributed by atoms with van der Waals surface area (Å²) >= 11 is 0. The second-order valence-corrected chi connectivity index (χ2v) is 5.87. The van der Waals surface area contributed by atoms with Gasteiger partial charge in [0.25, 0.3) is 0 Å². The Bertz CT molecular complexity index is 1070. The van der Waals surface area contributed by atoms with Crippen molar-refractivity contribution in [2.75, 3.05) is 5.73 Å². The molecule has 7 heteroatoms. The van der Waals surface area contributed by atoms with E-state index in [2.05, 4.69) is 4.74 Å². The molecule has 0 radical (unpaired) electrons. The molecular formula is C21H13F3N2O2. The van der Waals surface area contributed by atoms with Crippen LogP contribution in [-0.4, -0.2) is 12.1 Å². The predicted octanol–water partition coefficient (Wildman–Crippen LogP) is 4.94. The Balaban J connectivity index is 2.15. The zero-order chi connectivity index (χ0) is 20.3. The van der Waals surface area contributed by atoms with Crippen molar-refractivity contribution in [3.63, 3.8) is 0 Å². The molecule has 28 heavy (non-hydrogen) atoms. The molecule has 0 atom stereocenters. The molecule has 0 amide bonds. The summed E-state index contributed by atoms with van der Waals surface area (Å²) in [6, 6.07) is 18.4. The van der Waals surface area contributed by atoms with Crippen molar-refractivity contribution < 1.29 is 22.7 Å². The fourth-order valence-electron chi connectivity index (χ4n) is 2.73. The highest BCUT2D eigenvalue weighted by Gasteiger charge is 2.33. The maximum absolute atomic E-state index is 12.9. The van der Waals surface area contributed by atoms with Gasteiger partial charge in [0.2, 0.25) is 0 Å². The molecule has 2 N–H and O–H groups in total. The Morgan fingerprint density at radius 3 is 2.36 bits per heavy atom. The smallest absolute Gasteiger partial charge is 0.405 e. The number of rotatable bonds is 4. The van der Waals surface area contributed by atoms with Crippen LogP contribution in [0.25, 0.3) is 11.1 Å². The fraction of sp³-hybridized carbons (Fsp3) is 0.0476. The number of carbonyl (C=O) groups excluding carboxylic acids is 1. The van der Waals surface area contributed by atoms with Gasteiger partial charge in [0.1, 0.15) is 5.75 Å². The summed E-state index contributed by atoms with van der Waals surface area (Å²) in [5.41, 5.74) is 6.71. The Kier molecular flexibility index (Phi) is 5.05. The number of carbonyl (C=O) groups is 1. The van der Waals surface area contributed by atoms with Crippen molar-refractivity contribution >= 4 is 11.5 Å². The molecule has 3 aromatic carbocycles. The first kappa shape index (κ1) is 19.0. The van der Waals surface area contributed by atoms with Gasteiger partial charge in [-0.1, -0.05) is 42.5 Å². The van der Waals surface area contributed by atoms with E-state index in [4.69, 9.17) is 11.0 Å². The van der Waals surface area contributed by atoms with E-state index in [9.17, 15) is 18.0 Å². The van der Waals surface area contributed by atoms with Crippen LogP contribution in [0.15, 0.2) is 66.7 Å². The van der Waals surface area contributed by atoms with Crippen LogP contribution in [0.1, 0.15) is 21.5 Å². The van der Waals surface area contributed by atoms with Crippen LogP contribution in [0.4, 0.5) is 18.9 Å². The van der Waals surface area contributed by atoms with Crippen LogP contribution in [0.5, 0.6) is 5.75 Å². The largest absolute Gasteiger partial charge is 0.573 e. The lowest BCUT2D eigenvalue weighted by atomic mass is 9.95. The number of nitriles is 1. The highest BCUT2D eigenvalue weighted by atomic mass is 19.4. The van der Waals surface area contributed by atoms with E-state index in [1.807, 2.05) is 6.07 Å². The first-order valence-electron chi connectivity index (χ1n) is 8.08. The highest BCUT2D eigenvalue weighted by molar-refractivity contribution is 6.13. The number of anilines is 1. The number of alkyl halides is 3. The first-order chi connectivity index (χ1) is 13.3. The number of ether oxygens (including phenoxy) is 1. The predicted molar refractivity (Wildman–Crippen MR) is 97.6 cm³/mol. The quantitative estimate of drug-likeness (QED) is 0.512. The molecule has 0 aliphatic carbocycles. The van der Waals surface area contributed by atoms with E-state index in [0.717, 1.165) is 6.07 Å². The number of hydrogen-bond acceptors (Lipinski definition) is 4. The molecule has 3 aromatic rings. The van der Waals surface area contributed by atoms with Crippen LogP contribution in [0.2, 0.25) is 0 Å². The zero-order valence-electron chi connectivity index (χ0n) is 14.3. The van der Waals surface area contributed by atoms with Gasteiger partial charge < -0.3 is 10.5 Å². The van der Waals surface area contributed by atoms with E-state index in [1.165, 1.54) is 24.3 Å². The summed E-state index contributed by atoms with van der Waals surface area (Å²) in [7, 11) is 0. The topological polar surface area (TPSA) is 76.1 Å². The van der Waals surface area contributed by atoms with Crippen molar-refractivity contribution in [3.05, 3.63) is 83.4 Å². The van der Waals surface area contributed by atoms with Gasteiger partial charge in [-0.25, -0.2) is 0 Å². The van der Waals surface area contributed by atoms with Crippen molar-refractivity contribution in [2.45, 2.75) is 6.36 Å². The maximum atomic E-state index is 12.9. The van der Waals surface area contributed by atoms with Gasteiger partial charge in [-0.05, 0) is 23.8 Å². The summed E-state index contributed by atoms with van der Waals surface area (Å²) in [6.07, 6.45) is -4.91. The van der Waals surface area contributed by atoms with Crippen LogP contribution >= 0.6 is 0 Å². The molecule has 0 saturated carbocycles. The third-order valence-corrected chi connectivity index (χ3v) is 3.96. The van der Waals surface area contributed by atoms with Crippen LogP contribution < -0.4 is 10.5 Å². The van der Waals surface area contributed by atoms with Gasteiger partial charge in [0, 0.05) is 28.4 Å². The second-order valence-electron chi connectivity index (χ2n) is 5.87. The maximum Gasteiger partial charge on any atom is 0.573 e. The Labute approximate surface area is 158 Å². The Hall–Kier alpha value is -3.79. The van der Waals surface area contributed by atoms with E-state index < -0.39 is 17.9 Å². The van der Waals surface area contributed by atoms with Crippen LogP contribution in [0.3, 0.4) is 0 Å². The summed E-state index contributed by atoms with van der Waals surface area (Å²) in [6.45, 7) is 0.